The highest BCUT2D eigenvalue weighted by Crippen LogP contribution is 2.11. The monoisotopic (exact) mass is 228 g/mol. The number of carbonyl (C=O) groups excluding carboxylic acids is 1. The van der Waals surface area contributed by atoms with Crippen LogP contribution in [0.25, 0.3) is 0 Å². The summed E-state index contributed by atoms with van der Waals surface area (Å²) in [5.74, 6) is -0.692. The van der Waals surface area contributed by atoms with E-state index >= 15 is 0 Å². The lowest BCUT2D eigenvalue weighted by Gasteiger charge is -2.18. The van der Waals surface area contributed by atoms with Gasteiger partial charge >= 0.3 is 6.18 Å². The molecule has 0 aromatic heterocycles. The Hall–Kier alpha value is -0.820. The molecule has 4 nitrogen and oxygen atoms in total. The average molecular weight is 228 g/mol. The van der Waals surface area contributed by atoms with Gasteiger partial charge in [0.25, 0.3) is 0 Å². The Morgan fingerprint density at radius 3 is 2.47 bits per heavy atom. The molecule has 0 spiro atoms. The largest absolute Gasteiger partial charge is 0.405 e. The van der Waals surface area contributed by atoms with Crippen LogP contribution in [0, 0.1) is 0 Å². The molecule has 0 bridgehead atoms. The van der Waals surface area contributed by atoms with Crippen LogP contribution in [0.4, 0.5) is 13.2 Å². The number of nitrogens with one attached hydrogen (secondary N) is 1. The molecule has 0 fully saturated rings. The molecular formula is C8H15F3N2O2. The molecular weight excluding hydrogens is 213 g/mol. The van der Waals surface area contributed by atoms with E-state index in [1.54, 1.807) is 17.1 Å². The van der Waals surface area contributed by atoms with Crippen LogP contribution in [-0.4, -0.2) is 54.9 Å². The molecule has 0 saturated carbocycles. The molecule has 15 heavy (non-hydrogen) atoms. The van der Waals surface area contributed by atoms with Gasteiger partial charge in [0.2, 0.25) is 5.91 Å². The fourth-order valence-corrected chi connectivity index (χ4v) is 0.948. The van der Waals surface area contributed by atoms with Gasteiger partial charge in [-0.2, -0.15) is 13.2 Å². The van der Waals surface area contributed by atoms with Crippen LogP contribution in [0.2, 0.25) is 0 Å². The maximum absolute atomic E-state index is 11.7. The van der Waals surface area contributed by atoms with Crippen molar-refractivity contribution in [2.75, 3.05) is 32.8 Å². The first-order valence-corrected chi connectivity index (χ1v) is 4.55. The molecule has 0 aliphatic rings. The highest BCUT2D eigenvalue weighted by atomic mass is 19.4. The second kappa shape index (κ2) is 6.62. The quantitative estimate of drug-likeness (QED) is 0.671. The van der Waals surface area contributed by atoms with Gasteiger partial charge in [0, 0.05) is 6.54 Å². The number of likely N-dealkylation sites (N-methyl/N-ethyl adjacent to an activating group) is 1. The summed E-state index contributed by atoms with van der Waals surface area (Å²) >= 11 is 0. The molecule has 2 N–H and O–H groups in total. The summed E-state index contributed by atoms with van der Waals surface area (Å²) in [5.41, 5.74) is 0. The maximum Gasteiger partial charge on any atom is 0.405 e. The van der Waals surface area contributed by atoms with E-state index in [2.05, 4.69) is 0 Å². The van der Waals surface area contributed by atoms with Crippen molar-refractivity contribution < 1.29 is 23.1 Å². The molecule has 0 rings (SSSR count). The molecule has 0 radical (unpaired) electrons. The van der Waals surface area contributed by atoms with E-state index in [0.29, 0.717) is 6.54 Å². The number of halogens is 3. The van der Waals surface area contributed by atoms with Gasteiger partial charge in [-0.25, -0.2) is 0 Å². The van der Waals surface area contributed by atoms with E-state index < -0.39 is 18.6 Å². The summed E-state index contributed by atoms with van der Waals surface area (Å²) in [6.07, 6.45) is -4.39. The molecule has 0 saturated heterocycles. The van der Waals surface area contributed by atoms with Gasteiger partial charge in [-0.1, -0.05) is 6.92 Å². The first-order chi connectivity index (χ1) is 6.89. The summed E-state index contributed by atoms with van der Waals surface area (Å²) in [4.78, 5) is 12.5. The first kappa shape index (κ1) is 14.2. The summed E-state index contributed by atoms with van der Waals surface area (Å²) in [6, 6.07) is 0. The van der Waals surface area contributed by atoms with Gasteiger partial charge in [0.15, 0.2) is 0 Å². The van der Waals surface area contributed by atoms with Gasteiger partial charge in [-0.15, -0.1) is 0 Å². The Kier molecular flexibility index (Phi) is 6.26. The lowest BCUT2D eigenvalue weighted by atomic mass is 10.4. The smallest absolute Gasteiger partial charge is 0.395 e. The van der Waals surface area contributed by atoms with Gasteiger partial charge < -0.3 is 10.4 Å². The van der Waals surface area contributed by atoms with Crippen LogP contribution in [0.1, 0.15) is 6.92 Å². The fourth-order valence-electron chi connectivity index (χ4n) is 0.948. The van der Waals surface area contributed by atoms with Gasteiger partial charge in [-0.3, -0.25) is 9.69 Å². The summed E-state index contributed by atoms with van der Waals surface area (Å²) in [6.45, 7) is 0.957. The number of aliphatic hydroxyl groups is 1. The van der Waals surface area contributed by atoms with Crippen LogP contribution < -0.4 is 5.32 Å². The van der Waals surface area contributed by atoms with Crippen molar-refractivity contribution in [1.29, 1.82) is 0 Å². The number of nitrogens with zero attached hydrogens (tertiary/aromatic N) is 1. The molecule has 0 aromatic carbocycles. The Labute approximate surface area is 86.1 Å². The molecule has 0 heterocycles. The third-order valence-electron chi connectivity index (χ3n) is 1.72. The molecule has 7 heteroatoms. The van der Waals surface area contributed by atoms with Crippen molar-refractivity contribution in [1.82, 2.24) is 10.2 Å². The Bertz CT molecular complexity index is 197. The number of amides is 1. The number of rotatable bonds is 6. The second-order valence-corrected chi connectivity index (χ2v) is 2.98. The minimum atomic E-state index is -4.39. The van der Waals surface area contributed by atoms with Crippen LogP contribution in [0.3, 0.4) is 0 Å². The lowest BCUT2D eigenvalue weighted by molar-refractivity contribution is -0.139. The lowest BCUT2D eigenvalue weighted by Crippen LogP contribution is -2.41. The Morgan fingerprint density at radius 1 is 1.47 bits per heavy atom. The van der Waals surface area contributed by atoms with Gasteiger partial charge in [0.05, 0.1) is 13.2 Å². The number of hydrogen-bond donors (Lipinski definition) is 2. The van der Waals surface area contributed by atoms with E-state index in [1.807, 2.05) is 0 Å². The topological polar surface area (TPSA) is 52.6 Å². The molecule has 1 amide bonds. The highest BCUT2D eigenvalue weighted by molar-refractivity contribution is 5.78. The number of aliphatic hydroxyl groups excluding tert-OH is 1. The zero-order valence-corrected chi connectivity index (χ0v) is 8.47. The molecule has 0 aliphatic carbocycles. The minimum Gasteiger partial charge on any atom is -0.395 e. The van der Waals surface area contributed by atoms with E-state index in [1.165, 1.54) is 0 Å². The van der Waals surface area contributed by atoms with Gasteiger partial charge in [-0.05, 0) is 6.54 Å². The number of hydrogen-bond acceptors (Lipinski definition) is 3. The first-order valence-electron chi connectivity index (χ1n) is 4.55. The normalized spacial score (nSPS) is 11.9. The average Bonchev–Trinajstić information content (AvgIpc) is 2.13. The number of carbonyl (C=O) groups is 1. The van der Waals surface area contributed by atoms with Crippen molar-refractivity contribution in [2.45, 2.75) is 13.1 Å². The van der Waals surface area contributed by atoms with Crippen molar-refractivity contribution in [3.05, 3.63) is 0 Å². The predicted molar refractivity (Wildman–Crippen MR) is 48.3 cm³/mol. The third-order valence-corrected chi connectivity index (χ3v) is 1.72. The SMILES string of the molecule is CCN(CCO)CC(=O)NCC(F)(F)F. The molecule has 0 unspecified atom stereocenters. The zero-order chi connectivity index (χ0) is 11.9. The molecule has 0 atom stereocenters. The molecule has 0 aliphatic heterocycles. The Morgan fingerprint density at radius 2 is 2.07 bits per heavy atom. The predicted octanol–water partition coefficient (Wildman–Crippen LogP) is -0.0209. The van der Waals surface area contributed by atoms with Crippen LogP contribution in [0.5, 0.6) is 0 Å². The number of alkyl halides is 3. The van der Waals surface area contributed by atoms with Gasteiger partial charge in [0.1, 0.15) is 6.54 Å². The molecule has 0 aromatic rings. The van der Waals surface area contributed by atoms with Crippen molar-refractivity contribution in [3.8, 4) is 0 Å². The van der Waals surface area contributed by atoms with E-state index in [0.717, 1.165) is 0 Å². The maximum atomic E-state index is 11.7. The van der Waals surface area contributed by atoms with E-state index in [9.17, 15) is 18.0 Å². The van der Waals surface area contributed by atoms with Crippen molar-refractivity contribution in [3.63, 3.8) is 0 Å². The molecule has 90 valence electrons. The third kappa shape index (κ3) is 8.19. The van der Waals surface area contributed by atoms with Crippen LogP contribution >= 0.6 is 0 Å². The van der Waals surface area contributed by atoms with Crippen molar-refractivity contribution >= 4 is 5.91 Å². The summed E-state index contributed by atoms with van der Waals surface area (Å²) < 4.78 is 35.1. The van der Waals surface area contributed by atoms with E-state index in [-0.39, 0.29) is 19.7 Å². The zero-order valence-electron chi connectivity index (χ0n) is 8.47. The standard InChI is InChI=1S/C8H15F3N2O2/c1-2-13(3-4-14)5-7(15)12-6-8(9,10)11/h14H,2-6H2,1H3,(H,12,15). The van der Waals surface area contributed by atoms with E-state index in [4.69, 9.17) is 5.11 Å². The fraction of sp³-hybridized carbons (Fsp3) is 0.875. The van der Waals surface area contributed by atoms with Crippen LogP contribution in [-0.2, 0) is 4.79 Å². The summed E-state index contributed by atoms with van der Waals surface area (Å²) in [5, 5.41) is 10.3. The summed E-state index contributed by atoms with van der Waals surface area (Å²) in [7, 11) is 0. The second-order valence-electron chi connectivity index (χ2n) is 2.98. The Balaban J connectivity index is 3.81. The minimum absolute atomic E-state index is 0.125. The van der Waals surface area contributed by atoms with Crippen molar-refractivity contribution in [2.24, 2.45) is 0 Å². The highest BCUT2D eigenvalue weighted by Gasteiger charge is 2.27. The van der Waals surface area contributed by atoms with Crippen LogP contribution in [0.15, 0.2) is 0 Å².